The van der Waals surface area contributed by atoms with Gasteiger partial charge in [0, 0.05) is 12.6 Å². The van der Waals surface area contributed by atoms with E-state index in [-0.39, 0.29) is 0 Å². The van der Waals surface area contributed by atoms with Gasteiger partial charge in [0.25, 0.3) is 0 Å². The van der Waals surface area contributed by atoms with Crippen LogP contribution >= 0.6 is 0 Å². The summed E-state index contributed by atoms with van der Waals surface area (Å²) in [5, 5.41) is 0. The highest BCUT2D eigenvalue weighted by Gasteiger charge is 2.05. The summed E-state index contributed by atoms with van der Waals surface area (Å²) in [6.45, 7) is 6.61. The summed E-state index contributed by atoms with van der Waals surface area (Å²) in [6.07, 6.45) is 5.67. The second kappa shape index (κ2) is 4.52. The quantitative estimate of drug-likeness (QED) is 0.831. The number of H-pyrrole nitrogens is 1. The summed E-state index contributed by atoms with van der Waals surface area (Å²) >= 11 is 0. The fourth-order valence-electron chi connectivity index (χ4n) is 1.96. The highest BCUT2D eigenvalue weighted by atomic mass is 14.9. The van der Waals surface area contributed by atoms with E-state index in [1.54, 1.807) is 6.33 Å². The minimum absolute atomic E-state index is 0.583. The number of imidazole rings is 1. The van der Waals surface area contributed by atoms with Gasteiger partial charge in [-0.3, -0.25) is 0 Å². The SMILES string of the molecule is Cc1cc([CH]c2c[nH]cn2)ccc1C(C)C. The summed E-state index contributed by atoms with van der Waals surface area (Å²) in [7, 11) is 0. The van der Waals surface area contributed by atoms with Crippen LogP contribution in [0.5, 0.6) is 0 Å². The van der Waals surface area contributed by atoms with Crippen LogP contribution in [0.4, 0.5) is 0 Å². The smallest absolute Gasteiger partial charge is 0.0923 e. The molecule has 0 aliphatic rings. The summed E-state index contributed by atoms with van der Waals surface area (Å²) < 4.78 is 0. The topological polar surface area (TPSA) is 28.7 Å². The Hall–Kier alpha value is -1.57. The van der Waals surface area contributed by atoms with Gasteiger partial charge in [-0.1, -0.05) is 32.0 Å². The summed E-state index contributed by atoms with van der Waals surface area (Å²) in [5.41, 5.74) is 4.93. The van der Waals surface area contributed by atoms with Crippen LogP contribution in [-0.4, -0.2) is 9.97 Å². The first-order chi connectivity index (χ1) is 7.66. The molecule has 1 aromatic heterocycles. The number of aryl methyl sites for hydroxylation is 1. The van der Waals surface area contributed by atoms with Gasteiger partial charge in [0.2, 0.25) is 0 Å². The first-order valence-corrected chi connectivity index (χ1v) is 5.61. The van der Waals surface area contributed by atoms with Crippen LogP contribution in [0, 0.1) is 13.3 Å². The summed E-state index contributed by atoms with van der Waals surface area (Å²) in [5.74, 6) is 0.583. The molecule has 2 nitrogen and oxygen atoms in total. The first kappa shape index (κ1) is 10.9. The van der Waals surface area contributed by atoms with E-state index in [1.165, 1.54) is 16.7 Å². The molecule has 2 aromatic rings. The lowest BCUT2D eigenvalue weighted by Gasteiger charge is -2.10. The molecule has 0 bridgehead atoms. The highest BCUT2D eigenvalue weighted by Crippen LogP contribution is 2.21. The molecular formula is C14H17N2. The standard InChI is InChI=1S/C14H17N2/c1-10(2)14-5-4-12(6-11(14)3)7-13-8-15-9-16-13/h4-10H,1-3H3,(H,15,16). The van der Waals surface area contributed by atoms with E-state index in [0.29, 0.717) is 5.92 Å². The molecule has 2 heteroatoms. The molecule has 0 spiro atoms. The third kappa shape index (κ3) is 2.32. The minimum Gasteiger partial charge on any atom is -0.351 e. The molecule has 1 heterocycles. The molecular weight excluding hydrogens is 196 g/mol. The Morgan fingerprint density at radius 1 is 1.31 bits per heavy atom. The third-order valence-corrected chi connectivity index (χ3v) is 2.75. The number of hydrogen-bond acceptors (Lipinski definition) is 1. The zero-order chi connectivity index (χ0) is 11.5. The highest BCUT2D eigenvalue weighted by molar-refractivity contribution is 5.39. The average molecular weight is 213 g/mol. The Bertz CT molecular complexity index is 456. The van der Waals surface area contributed by atoms with Crippen molar-refractivity contribution in [2.75, 3.05) is 0 Å². The third-order valence-electron chi connectivity index (χ3n) is 2.75. The molecule has 16 heavy (non-hydrogen) atoms. The van der Waals surface area contributed by atoms with Crippen LogP contribution < -0.4 is 0 Å². The average Bonchev–Trinajstić information content (AvgIpc) is 2.70. The second-order valence-electron chi connectivity index (χ2n) is 4.41. The lowest BCUT2D eigenvalue weighted by Crippen LogP contribution is -1.94. The van der Waals surface area contributed by atoms with Gasteiger partial charge in [-0.25, -0.2) is 4.98 Å². The van der Waals surface area contributed by atoms with E-state index >= 15 is 0 Å². The molecule has 0 saturated carbocycles. The van der Waals surface area contributed by atoms with Crippen molar-refractivity contribution in [1.29, 1.82) is 0 Å². The fourth-order valence-corrected chi connectivity index (χ4v) is 1.96. The van der Waals surface area contributed by atoms with E-state index < -0.39 is 0 Å². The van der Waals surface area contributed by atoms with Crippen molar-refractivity contribution < 1.29 is 0 Å². The Kier molecular flexibility index (Phi) is 3.09. The maximum atomic E-state index is 4.19. The van der Waals surface area contributed by atoms with E-state index in [0.717, 1.165) is 5.69 Å². The molecule has 0 aliphatic carbocycles. The molecule has 0 fully saturated rings. The minimum atomic E-state index is 0.583. The predicted molar refractivity (Wildman–Crippen MR) is 66.4 cm³/mol. The number of benzene rings is 1. The zero-order valence-electron chi connectivity index (χ0n) is 9.99. The second-order valence-corrected chi connectivity index (χ2v) is 4.41. The first-order valence-electron chi connectivity index (χ1n) is 5.61. The van der Waals surface area contributed by atoms with Crippen molar-refractivity contribution in [1.82, 2.24) is 9.97 Å². The number of aromatic amines is 1. The van der Waals surface area contributed by atoms with Crippen LogP contribution in [0.15, 0.2) is 30.7 Å². The van der Waals surface area contributed by atoms with Gasteiger partial charge in [-0.05, 0) is 29.5 Å². The van der Waals surface area contributed by atoms with Crippen LogP contribution in [0.3, 0.4) is 0 Å². The number of nitrogens with zero attached hydrogens (tertiary/aromatic N) is 1. The molecule has 0 atom stereocenters. The van der Waals surface area contributed by atoms with Gasteiger partial charge in [0.05, 0.1) is 12.0 Å². The molecule has 2 rings (SSSR count). The molecule has 0 aliphatic heterocycles. The molecule has 0 unspecified atom stereocenters. The van der Waals surface area contributed by atoms with Gasteiger partial charge < -0.3 is 4.98 Å². The maximum Gasteiger partial charge on any atom is 0.0923 e. The van der Waals surface area contributed by atoms with E-state index in [9.17, 15) is 0 Å². The van der Waals surface area contributed by atoms with E-state index in [4.69, 9.17) is 0 Å². The van der Waals surface area contributed by atoms with Crippen molar-refractivity contribution in [3.8, 4) is 0 Å². The lowest BCUT2D eigenvalue weighted by atomic mass is 9.95. The number of aromatic nitrogens is 2. The van der Waals surface area contributed by atoms with Crippen molar-refractivity contribution in [3.05, 3.63) is 59.5 Å². The Morgan fingerprint density at radius 2 is 2.12 bits per heavy atom. The number of rotatable bonds is 3. The Labute approximate surface area is 96.7 Å². The number of nitrogens with one attached hydrogen (secondary N) is 1. The summed E-state index contributed by atoms with van der Waals surface area (Å²) in [4.78, 5) is 7.14. The zero-order valence-corrected chi connectivity index (χ0v) is 9.99. The molecule has 83 valence electrons. The van der Waals surface area contributed by atoms with Crippen LogP contribution in [0.1, 0.15) is 42.1 Å². The monoisotopic (exact) mass is 213 g/mol. The van der Waals surface area contributed by atoms with Gasteiger partial charge >= 0.3 is 0 Å². The molecule has 0 amide bonds. The van der Waals surface area contributed by atoms with Gasteiger partial charge in [-0.15, -0.1) is 0 Å². The van der Waals surface area contributed by atoms with Crippen molar-refractivity contribution in [2.45, 2.75) is 26.7 Å². The Balaban J connectivity index is 2.21. The maximum absolute atomic E-state index is 4.19. The molecule has 0 saturated heterocycles. The van der Waals surface area contributed by atoms with E-state index in [2.05, 4.69) is 55.4 Å². The van der Waals surface area contributed by atoms with E-state index in [1.807, 2.05) is 6.20 Å². The molecule has 1 radical (unpaired) electrons. The lowest BCUT2D eigenvalue weighted by molar-refractivity contribution is 0.856. The van der Waals surface area contributed by atoms with Crippen LogP contribution in [0.25, 0.3) is 0 Å². The largest absolute Gasteiger partial charge is 0.351 e. The number of hydrogen-bond donors (Lipinski definition) is 1. The fraction of sp³-hybridized carbons (Fsp3) is 0.286. The Morgan fingerprint density at radius 3 is 2.69 bits per heavy atom. The van der Waals surface area contributed by atoms with Crippen LogP contribution in [0.2, 0.25) is 0 Å². The predicted octanol–water partition coefficient (Wildman–Crippen LogP) is 3.44. The molecule has 1 N–H and O–H groups in total. The normalized spacial score (nSPS) is 11.0. The van der Waals surface area contributed by atoms with Crippen molar-refractivity contribution >= 4 is 0 Å². The summed E-state index contributed by atoms with van der Waals surface area (Å²) in [6, 6.07) is 6.57. The van der Waals surface area contributed by atoms with Gasteiger partial charge in [-0.2, -0.15) is 0 Å². The van der Waals surface area contributed by atoms with Gasteiger partial charge in [0.1, 0.15) is 0 Å². The van der Waals surface area contributed by atoms with Crippen LogP contribution in [-0.2, 0) is 0 Å². The van der Waals surface area contributed by atoms with Crippen molar-refractivity contribution in [3.63, 3.8) is 0 Å². The van der Waals surface area contributed by atoms with Gasteiger partial charge in [0.15, 0.2) is 0 Å². The molecule has 1 aromatic carbocycles. The van der Waals surface area contributed by atoms with Crippen molar-refractivity contribution in [2.24, 2.45) is 0 Å².